The highest BCUT2D eigenvalue weighted by atomic mass is 19.2. The Hall–Kier alpha value is -2.64. The SMILES string of the molecule is CC(C)Nc1cc(C(=O)Nc2ccc(F)c(F)c2F)ncn1. The van der Waals surface area contributed by atoms with Crippen LogP contribution >= 0.6 is 0 Å². The van der Waals surface area contributed by atoms with Gasteiger partial charge in [0.1, 0.15) is 17.8 Å². The first-order valence-corrected chi connectivity index (χ1v) is 6.42. The van der Waals surface area contributed by atoms with Crippen LogP contribution in [0.1, 0.15) is 24.3 Å². The summed E-state index contributed by atoms with van der Waals surface area (Å²) >= 11 is 0. The van der Waals surface area contributed by atoms with Crippen LogP contribution in [0.3, 0.4) is 0 Å². The smallest absolute Gasteiger partial charge is 0.274 e. The molecule has 8 heteroatoms. The molecule has 5 nitrogen and oxygen atoms in total. The Morgan fingerprint density at radius 1 is 1.14 bits per heavy atom. The van der Waals surface area contributed by atoms with Gasteiger partial charge in [0.2, 0.25) is 0 Å². The number of hydrogen-bond donors (Lipinski definition) is 2. The van der Waals surface area contributed by atoms with Crippen molar-refractivity contribution >= 4 is 17.4 Å². The minimum absolute atomic E-state index is 0.0396. The lowest BCUT2D eigenvalue weighted by Gasteiger charge is -2.10. The van der Waals surface area contributed by atoms with Crippen LogP contribution in [0, 0.1) is 17.5 Å². The van der Waals surface area contributed by atoms with E-state index in [1.807, 2.05) is 13.8 Å². The van der Waals surface area contributed by atoms with E-state index in [1.165, 1.54) is 12.4 Å². The molecule has 0 saturated carbocycles. The maximum absolute atomic E-state index is 13.5. The highest BCUT2D eigenvalue weighted by Gasteiger charge is 2.17. The monoisotopic (exact) mass is 310 g/mol. The maximum atomic E-state index is 13.5. The van der Waals surface area contributed by atoms with Crippen molar-refractivity contribution in [2.75, 3.05) is 10.6 Å². The lowest BCUT2D eigenvalue weighted by atomic mass is 10.2. The first kappa shape index (κ1) is 15.7. The van der Waals surface area contributed by atoms with E-state index in [0.29, 0.717) is 5.82 Å². The molecule has 0 spiro atoms. The Labute approximate surface area is 124 Å². The minimum atomic E-state index is -1.65. The van der Waals surface area contributed by atoms with Gasteiger partial charge in [0.15, 0.2) is 17.5 Å². The van der Waals surface area contributed by atoms with Crippen LogP contribution in [0.5, 0.6) is 0 Å². The number of anilines is 2. The Kier molecular flexibility index (Phi) is 4.59. The van der Waals surface area contributed by atoms with Crippen LogP contribution in [-0.4, -0.2) is 21.9 Å². The van der Waals surface area contributed by atoms with Crippen molar-refractivity contribution in [1.82, 2.24) is 9.97 Å². The van der Waals surface area contributed by atoms with E-state index in [1.54, 1.807) is 0 Å². The summed E-state index contributed by atoms with van der Waals surface area (Å²) < 4.78 is 39.5. The number of hydrogen-bond acceptors (Lipinski definition) is 4. The molecule has 0 unspecified atom stereocenters. The molecule has 0 saturated heterocycles. The van der Waals surface area contributed by atoms with Crippen LogP contribution in [0.15, 0.2) is 24.5 Å². The zero-order valence-corrected chi connectivity index (χ0v) is 11.8. The third-order valence-electron chi connectivity index (χ3n) is 2.62. The average Bonchev–Trinajstić information content (AvgIpc) is 2.47. The Bertz CT molecular complexity index is 706. The molecule has 2 rings (SSSR count). The van der Waals surface area contributed by atoms with E-state index in [4.69, 9.17) is 0 Å². The predicted molar refractivity (Wildman–Crippen MR) is 75.1 cm³/mol. The van der Waals surface area contributed by atoms with Crippen LogP contribution in [-0.2, 0) is 0 Å². The minimum Gasteiger partial charge on any atom is -0.368 e. The zero-order valence-electron chi connectivity index (χ0n) is 11.8. The summed E-state index contributed by atoms with van der Waals surface area (Å²) in [5.74, 6) is -4.80. The molecule has 2 aromatic rings. The van der Waals surface area contributed by atoms with E-state index < -0.39 is 29.0 Å². The van der Waals surface area contributed by atoms with Gasteiger partial charge < -0.3 is 10.6 Å². The van der Waals surface area contributed by atoms with Crippen molar-refractivity contribution in [1.29, 1.82) is 0 Å². The summed E-state index contributed by atoms with van der Waals surface area (Å²) in [4.78, 5) is 19.7. The van der Waals surface area contributed by atoms with E-state index >= 15 is 0 Å². The second-order valence-electron chi connectivity index (χ2n) is 4.76. The zero-order chi connectivity index (χ0) is 16.3. The average molecular weight is 310 g/mol. The molecule has 116 valence electrons. The first-order valence-electron chi connectivity index (χ1n) is 6.42. The molecule has 0 bridgehead atoms. The largest absolute Gasteiger partial charge is 0.368 e. The fourth-order valence-corrected chi connectivity index (χ4v) is 1.66. The number of amides is 1. The van der Waals surface area contributed by atoms with Crippen LogP contribution in [0.4, 0.5) is 24.7 Å². The van der Waals surface area contributed by atoms with Gasteiger partial charge in [-0.25, -0.2) is 23.1 Å². The molecule has 0 aliphatic heterocycles. The second kappa shape index (κ2) is 6.42. The van der Waals surface area contributed by atoms with E-state index in [9.17, 15) is 18.0 Å². The number of halogens is 3. The first-order chi connectivity index (χ1) is 10.4. The van der Waals surface area contributed by atoms with Gasteiger partial charge in [-0.1, -0.05) is 0 Å². The molecule has 0 fully saturated rings. The summed E-state index contributed by atoms with van der Waals surface area (Å²) in [5, 5.41) is 5.11. The van der Waals surface area contributed by atoms with Gasteiger partial charge in [0.25, 0.3) is 5.91 Å². The molecule has 1 amide bonds. The summed E-state index contributed by atoms with van der Waals surface area (Å²) in [6.45, 7) is 3.77. The third kappa shape index (κ3) is 3.51. The van der Waals surface area contributed by atoms with Gasteiger partial charge in [-0.15, -0.1) is 0 Å². The van der Waals surface area contributed by atoms with E-state index in [2.05, 4.69) is 20.6 Å². The van der Waals surface area contributed by atoms with Crippen molar-refractivity contribution in [2.45, 2.75) is 19.9 Å². The molecule has 1 aromatic heterocycles. The quantitative estimate of drug-likeness (QED) is 0.852. The summed E-state index contributed by atoms with van der Waals surface area (Å²) in [7, 11) is 0. The number of benzene rings is 1. The van der Waals surface area contributed by atoms with E-state index in [-0.39, 0.29) is 11.7 Å². The van der Waals surface area contributed by atoms with Crippen molar-refractivity contribution in [3.63, 3.8) is 0 Å². The van der Waals surface area contributed by atoms with Crippen molar-refractivity contribution < 1.29 is 18.0 Å². The fraction of sp³-hybridized carbons (Fsp3) is 0.214. The number of carbonyl (C=O) groups excluding carboxylic acids is 1. The fourth-order valence-electron chi connectivity index (χ4n) is 1.66. The topological polar surface area (TPSA) is 66.9 Å². The highest BCUT2D eigenvalue weighted by Crippen LogP contribution is 2.20. The summed E-state index contributed by atoms with van der Waals surface area (Å²) in [6, 6.07) is 3.11. The predicted octanol–water partition coefficient (Wildman–Crippen LogP) is 2.97. The molecule has 2 N–H and O–H groups in total. The van der Waals surface area contributed by atoms with Gasteiger partial charge in [0.05, 0.1) is 5.69 Å². The van der Waals surface area contributed by atoms with Crippen LogP contribution in [0.2, 0.25) is 0 Å². The van der Waals surface area contributed by atoms with Crippen LogP contribution < -0.4 is 10.6 Å². The number of nitrogens with zero attached hydrogens (tertiary/aromatic N) is 2. The lowest BCUT2D eigenvalue weighted by Crippen LogP contribution is -2.17. The van der Waals surface area contributed by atoms with Crippen LogP contribution in [0.25, 0.3) is 0 Å². The Balaban J connectivity index is 2.21. The molecular formula is C14H13F3N4O. The van der Waals surface area contributed by atoms with Crippen molar-refractivity contribution in [3.05, 3.63) is 47.7 Å². The molecular weight excluding hydrogens is 297 g/mol. The van der Waals surface area contributed by atoms with Crippen molar-refractivity contribution in [3.8, 4) is 0 Å². The van der Waals surface area contributed by atoms with E-state index in [0.717, 1.165) is 12.1 Å². The molecule has 0 radical (unpaired) electrons. The highest BCUT2D eigenvalue weighted by molar-refractivity contribution is 6.03. The number of rotatable bonds is 4. The third-order valence-corrected chi connectivity index (χ3v) is 2.62. The Morgan fingerprint density at radius 2 is 1.86 bits per heavy atom. The second-order valence-corrected chi connectivity index (χ2v) is 4.76. The molecule has 0 atom stereocenters. The van der Waals surface area contributed by atoms with Crippen molar-refractivity contribution in [2.24, 2.45) is 0 Å². The summed E-state index contributed by atoms with van der Waals surface area (Å²) in [5.41, 5.74) is -0.511. The van der Waals surface area contributed by atoms with Gasteiger partial charge in [-0.2, -0.15) is 0 Å². The molecule has 22 heavy (non-hydrogen) atoms. The Morgan fingerprint density at radius 3 is 2.55 bits per heavy atom. The number of carbonyl (C=O) groups is 1. The molecule has 1 heterocycles. The van der Waals surface area contributed by atoms with Gasteiger partial charge in [0, 0.05) is 12.1 Å². The van der Waals surface area contributed by atoms with Gasteiger partial charge >= 0.3 is 0 Å². The standard InChI is InChI=1S/C14H13F3N4O/c1-7(2)20-11-5-10(18-6-19-11)14(22)21-9-4-3-8(15)12(16)13(9)17/h3-7H,1-2H3,(H,21,22)(H,18,19,20). The number of nitrogens with one attached hydrogen (secondary N) is 2. The summed E-state index contributed by atoms with van der Waals surface area (Å²) in [6.07, 6.45) is 1.17. The van der Waals surface area contributed by atoms with Gasteiger partial charge in [-0.05, 0) is 26.0 Å². The number of aromatic nitrogens is 2. The molecule has 0 aliphatic rings. The lowest BCUT2D eigenvalue weighted by molar-refractivity contribution is 0.102. The normalized spacial score (nSPS) is 10.6. The molecule has 0 aliphatic carbocycles. The molecule has 1 aromatic carbocycles. The van der Waals surface area contributed by atoms with Gasteiger partial charge in [-0.3, -0.25) is 4.79 Å². The maximum Gasteiger partial charge on any atom is 0.274 e.